The average Bonchev–Trinajstić information content (AvgIpc) is 2.56. The highest BCUT2D eigenvalue weighted by Crippen LogP contribution is 2.19. The SMILES string of the molecule is COCCC(N)c1nc(C(C)C)c(C)[nH]1. The van der Waals surface area contributed by atoms with E-state index >= 15 is 0 Å². The van der Waals surface area contributed by atoms with Crippen LogP contribution in [0.25, 0.3) is 0 Å². The normalized spacial score (nSPS) is 13.5. The summed E-state index contributed by atoms with van der Waals surface area (Å²) in [5, 5.41) is 0. The van der Waals surface area contributed by atoms with E-state index in [1.807, 2.05) is 6.92 Å². The molecule has 0 aliphatic rings. The topological polar surface area (TPSA) is 63.9 Å². The predicted molar refractivity (Wildman–Crippen MR) is 60.8 cm³/mol. The van der Waals surface area contributed by atoms with Crippen molar-refractivity contribution in [3.63, 3.8) is 0 Å². The molecule has 0 amide bonds. The zero-order valence-corrected chi connectivity index (χ0v) is 10.0. The highest BCUT2D eigenvalue weighted by molar-refractivity contribution is 5.17. The van der Waals surface area contributed by atoms with E-state index in [1.165, 1.54) is 0 Å². The first-order valence-electron chi connectivity index (χ1n) is 5.37. The Kier molecular flexibility index (Phi) is 4.29. The van der Waals surface area contributed by atoms with Crippen molar-refractivity contribution in [3.8, 4) is 0 Å². The first-order valence-corrected chi connectivity index (χ1v) is 5.37. The van der Waals surface area contributed by atoms with Crippen LogP contribution in [0, 0.1) is 6.92 Å². The zero-order valence-electron chi connectivity index (χ0n) is 10.0. The van der Waals surface area contributed by atoms with Crippen molar-refractivity contribution in [2.45, 2.75) is 39.2 Å². The van der Waals surface area contributed by atoms with Gasteiger partial charge in [0.1, 0.15) is 5.82 Å². The Bertz CT molecular complexity index is 307. The van der Waals surface area contributed by atoms with E-state index in [0.717, 1.165) is 23.6 Å². The van der Waals surface area contributed by atoms with Crippen LogP contribution in [-0.4, -0.2) is 23.7 Å². The minimum Gasteiger partial charge on any atom is -0.385 e. The van der Waals surface area contributed by atoms with Gasteiger partial charge in [-0.05, 0) is 19.3 Å². The van der Waals surface area contributed by atoms with Gasteiger partial charge in [0.2, 0.25) is 0 Å². The van der Waals surface area contributed by atoms with Gasteiger partial charge < -0.3 is 15.5 Å². The zero-order chi connectivity index (χ0) is 11.4. The van der Waals surface area contributed by atoms with E-state index in [1.54, 1.807) is 7.11 Å². The van der Waals surface area contributed by atoms with Crippen LogP contribution in [0.15, 0.2) is 0 Å². The van der Waals surface area contributed by atoms with Crippen LogP contribution in [0.5, 0.6) is 0 Å². The number of methoxy groups -OCH3 is 1. The molecular weight excluding hydrogens is 190 g/mol. The Labute approximate surface area is 91.2 Å². The molecule has 0 aliphatic heterocycles. The lowest BCUT2D eigenvalue weighted by atomic mass is 10.1. The highest BCUT2D eigenvalue weighted by Gasteiger charge is 2.14. The fourth-order valence-electron chi connectivity index (χ4n) is 1.62. The van der Waals surface area contributed by atoms with E-state index < -0.39 is 0 Å². The molecule has 1 unspecified atom stereocenters. The number of nitrogens with zero attached hydrogens (tertiary/aromatic N) is 1. The average molecular weight is 211 g/mol. The number of hydrogen-bond acceptors (Lipinski definition) is 3. The molecule has 0 saturated heterocycles. The summed E-state index contributed by atoms with van der Waals surface area (Å²) in [7, 11) is 1.68. The van der Waals surface area contributed by atoms with E-state index in [2.05, 4.69) is 23.8 Å². The number of nitrogens with one attached hydrogen (secondary N) is 1. The second-order valence-electron chi connectivity index (χ2n) is 4.17. The Morgan fingerprint density at radius 2 is 2.13 bits per heavy atom. The molecule has 0 spiro atoms. The first kappa shape index (κ1) is 12.2. The summed E-state index contributed by atoms with van der Waals surface area (Å²) in [6.07, 6.45) is 0.793. The van der Waals surface area contributed by atoms with Gasteiger partial charge in [-0.15, -0.1) is 0 Å². The third kappa shape index (κ3) is 3.04. The van der Waals surface area contributed by atoms with Gasteiger partial charge in [-0.1, -0.05) is 13.8 Å². The summed E-state index contributed by atoms with van der Waals surface area (Å²) in [4.78, 5) is 7.77. The maximum Gasteiger partial charge on any atom is 0.123 e. The lowest BCUT2D eigenvalue weighted by molar-refractivity contribution is 0.187. The number of hydrogen-bond donors (Lipinski definition) is 2. The molecule has 1 heterocycles. The molecule has 3 N–H and O–H groups in total. The largest absolute Gasteiger partial charge is 0.385 e. The van der Waals surface area contributed by atoms with Gasteiger partial charge in [0.15, 0.2) is 0 Å². The van der Waals surface area contributed by atoms with Gasteiger partial charge in [0, 0.05) is 19.4 Å². The van der Waals surface area contributed by atoms with Gasteiger partial charge in [0.25, 0.3) is 0 Å². The third-order valence-corrected chi connectivity index (χ3v) is 2.47. The Hall–Kier alpha value is -0.870. The minimum atomic E-state index is -0.0591. The van der Waals surface area contributed by atoms with Crippen molar-refractivity contribution in [2.24, 2.45) is 5.73 Å². The fraction of sp³-hybridized carbons (Fsp3) is 0.727. The van der Waals surface area contributed by atoms with E-state index in [4.69, 9.17) is 10.5 Å². The van der Waals surface area contributed by atoms with Crippen LogP contribution in [0.4, 0.5) is 0 Å². The summed E-state index contributed by atoms with van der Waals surface area (Å²) in [5.74, 6) is 1.30. The van der Waals surface area contributed by atoms with Crippen LogP contribution >= 0.6 is 0 Å². The molecule has 1 rings (SSSR count). The lowest BCUT2D eigenvalue weighted by Gasteiger charge is -2.07. The number of imidazole rings is 1. The molecule has 0 radical (unpaired) electrons. The Balaban J connectivity index is 2.73. The van der Waals surface area contributed by atoms with Gasteiger partial charge in [-0.25, -0.2) is 4.98 Å². The van der Waals surface area contributed by atoms with Gasteiger partial charge in [0.05, 0.1) is 11.7 Å². The van der Waals surface area contributed by atoms with Crippen LogP contribution in [-0.2, 0) is 4.74 Å². The van der Waals surface area contributed by atoms with Crippen molar-refractivity contribution >= 4 is 0 Å². The molecule has 1 atom stereocenters. The number of ether oxygens (including phenoxy) is 1. The van der Waals surface area contributed by atoms with E-state index in [9.17, 15) is 0 Å². The van der Waals surface area contributed by atoms with E-state index in [0.29, 0.717) is 12.5 Å². The smallest absolute Gasteiger partial charge is 0.123 e. The van der Waals surface area contributed by atoms with Crippen LogP contribution < -0.4 is 5.73 Å². The Morgan fingerprint density at radius 1 is 1.47 bits per heavy atom. The van der Waals surface area contributed by atoms with Crippen LogP contribution in [0.1, 0.15) is 49.4 Å². The standard InChI is InChI=1S/C11H21N3O/c1-7(2)10-8(3)13-11(14-10)9(12)5-6-15-4/h7,9H,5-6,12H2,1-4H3,(H,13,14). The van der Waals surface area contributed by atoms with Crippen molar-refractivity contribution in [1.82, 2.24) is 9.97 Å². The fourth-order valence-corrected chi connectivity index (χ4v) is 1.62. The second kappa shape index (κ2) is 5.28. The van der Waals surface area contributed by atoms with Gasteiger partial charge >= 0.3 is 0 Å². The monoisotopic (exact) mass is 211 g/mol. The maximum atomic E-state index is 5.99. The molecular formula is C11H21N3O. The highest BCUT2D eigenvalue weighted by atomic mass is 16.5. The van der Waals surface area contributed by atoms with Crippen molar-refractivity contribution in [3.05, 3.63) is 17.2 Å². The van der Waals surface area contributed by atoms with Crippen molar-refractivity contribution in [1.29, 1.82) is 0 Å². The summed E-state index contributed by atoms with van der Waals surface area (Å²) >= 11 is 0. The lowest BCUT2D eigenvalue weighted by Crippen LogP contribution is -2.14. The summed E-state index contributed by atoms with van der Waals surface area (Å²) in [6.45, 7) is 6.97. The van der Waals surface area contributed by atoms with Crippen molar-refractivity contribution < 1.29 is 4.74 Å². The third-order valence-electron chi connectivity index (χ3n) is 2.47. The molecule has 0 fully saturated rings. The molecule has 0 aromatic carbocycles. The molecule has 0 aliphatic carbocycles. The van der Waals surface area contributed by atoms with Crippen LogP contribution in [0.2, 0.25) is 0 Å². The minimum absolute atomic E-state index is 0.0591. The number of aromatic amines is 1. The molecule has 4 nitrogen and oxygen atoms in total. The molecule has 15 heavy (non-hydrogen) atoms. The molecule has 0 bridgehead atoms. The number of aryl methyl sites for hydroxylation is 1. The number of aromatic nitrogens is 2. The molecule has 1 aromatic heterocycles. The molecule has 86 valence electrons. The summed E-state index contributed by atoms with van der Waals surface area (Å²) < 4.78 is 5.00. The summed E-state index contributed by atoms with van der Waals surface area (Å²) in [5.41, 5.74) is 8.22. The van der Waals surface area contributed by atoms with Gasteiger partial charge in [-0.3, -0.25) is 0 Å². The van der Waals surface area contributed by atoms with Gasteiger partial charge in [-0.2, -0.15) is 0 Å². The number of H-pyrrole nitrogens is 1. The predicted octanol–water partition coefficient (Wildman–Crippen LogP) is 1.88. The summed E-state index contributed by atoms with van der Waals surface area (Å²) in [6, 6.07) is -0.0591. The van der Waals surface area contributed by atoms with Crippen molar-refractivity contribution in [2.75, 3.05) is 13.7 Å². The quantitative estimate of drug-likeness (QED) is 0.781. The Morgan fingerprint density at radius 3 is 2.60 bits per heavy atom. The first-order chi connectivity index (χ1) is 7.06. The number of nitrogens with two attached hydrogens (primary N) is 1. The van der Waals surface area contributed by atoms with E-state index in [-0.39, 0.29) is 6.04 Å². The second-order valence-corrected chi connectivity index (χ2v) is 4.17. The molecule has 1 aromatic rings. The molecule has 4 heteroatoms. The number of rotatable bonds is 5. The van der Waals surface area contributed by atoms with Crippen LogP contribution in [0.3, 0.4) is 0 Å². The maximum absolute atomic E-state index is 5.99. The molecule has 0 saturated carbocycles.